The molecule has 1 fully saturated rings. The van der Waals surface area contributed by atoms with E-state index in [-0.39, 0.29) is 12.5 Å². The molecule has 0 unspecified atom stereocenters. The van der Waals surface area contributed by atoms with Crippen LogP contribution in [-0.2, 0) is 11.3 Å². The van der Waals surface area contributed by atoms with Gasteiger partial charge in [-0.05, 0) is 25.0 Å². The second kappa shape index (κ2) is 6.93. The van der Waals surface area contributed by atoms with Gasteiger partial charge < -0.3 is 9.88 Å². The molecule has 0 radical (unpaired) electrons. The smallest absolute Gasteiger partial charge is 0.245 e. The van der Waals surface area contributed by atoms with Gasteiger partial charge >= 0.3 is 0 Å². The highest BCUT2D eigenvalue weighted by atomic mass is 16.2. The highest BCUT2D eigenvalue weighted by Gasteiger charge is 2.22. The molecular formula is C19H21N5O. The molecule has 0 atom stereocenters. The fraction of sp³-hybridized carbons (Fsp3) is 0.316. The highest BCUT2D eigenvalue weighted by molar-refractivity contribution is 5.90. The van der Waals surface area contributed by atoms with Gasteiger partial charge in [-0.15, -0.1) is 0 Å². The zero-order valence-electron chi connectivity index (χ0n) is 14.0. The highest BCUT2D eigenvalue weighted by Crippen LogP contribution is 2.35. The molecule has 0 spiro atoms. The zero-order valence-corrected chi connectivity index (χ0v) is 14.0. The van der Waals surface area contributed by atoms with Crippen LogP contribution in [0, 0.1) is 0 Å². The number of nitrogens with zero attached hydrogens (tertiary/aromatic N) is 4. The Labute approximate surface area is 146 Å². The first-order valence-corrected chi connectivity index (χ1v) is 8.70. The monoisotopic (exact) mass is 335 g/mol. The minimum absolute atomic E-state index is 0.0898. The molecule has 6 nitrogen and oxygen atoms in total. The Morgan fingerprint density at radius 2 is 2.00 bits per heavy atom. The van der Waals surface area contributed by atoms with Crippen LogP contribution in [0.15, 0.2) is 55.1 Å². The Kier molecular flexibility index (Phi) is 4.33. The molecule has 4 rings (SSSR count). The molecule has 1 N–H and O–H groups in total. The minimum atomic E-state index is -0.0898. The van der Waals surface area contributed by atoms with Gasteiger partial charge in [-0.2, -0.15) is 5.10 Å². The molecule has 0 saturated heterocycles. The Morgan fingerprint density at radius 3 is 2.72 bits per heavy atom. The van der Waals surface area contributed by atoms with Crippen LogP contribution in [0.1, 0.15) is 37.3 Å². The first-order valence-electron chi connectivity index (χ1n) is 8.70. The van der Waals surface area contributed by atoms with E-state index in [1.807, 2.05) is 41.1 Å². The van der Waals surface area contributed by atoms with Crippen molar-refractivity contribution in [2.24, 2.45) is 0 Å². The molecule has 1 amide bonds. The molecule has 0 bridgehead atoms. The lowest BCUT2D eigenvalue weighted by atomic mass is 10.0. The van der Waals surface area contributed by atoms with E-state index in [0.29, 0.717) is 5.92 Å². The Hall–Kier alpha value is -2.89. The summed E-state index contributed by atoms with van der Waals surface area (Å²) in [5, 5.41) is 7.80. The summed E-state index contributed by atoms with van der Waals surface area (Å²) in [6, 6.07) is 11.9. The third kappa shape index (κ3) is 3.47. The number of imidazole rings is 1. The number of benzene rings is 1. The Balaban J connectivity index is 1.61. The lowest BCUT2D eigenvalue weighted by Crippen LogP contribution is -2.19. The van der Waals surface area contributed by atoms with Crippen LogP contribution in [-0.4, -0.2) is 25.2 Å². The van der Waals surface area contributed by atoms with Gasteiger partial charge in [0.05, 0.1) is 17.7 Å². The van der Waals surface area contributed by atoms with Gasteiger partial charge in [0.2, 0.25) is 5.91 Å². The molecule has 1 saturated carbocycles. The number of amides is 1. The summed E-state index contributed by atoms with van der Waals surface area (Å²) in [7, 11) is 0. The second-order valence-corrected chi connectivity index (χ2v) is 6.47. The molecular weight excluding hydrogens is 314 g/mol. The summed E-state index contributed by atoms with van der Waals surface area (Å²) < 4.78 is 3.58. The van der Waals surface area contributed by atoms with E-state index in [1.165, 1.54) is 25.7 Å². The average molecular weight is 335 g/mol. The minimum Gasteiger partial charge on any atom is -0.328 e. The topological polar surface area (TPSA) is 64.7 Å². The summed E-state index contributed by atoms with van der Waals surface area (Å²) in [5.41, 5.74) is 2.02. The van der Waals surface area contributed by atoms with Gasteiger partial charge in [0.25, 0.3) is 0 Å². The zero-order chi connectivity index (χ0) is 17.1. The number of hydrogen-bond donors (Lipinski definition) is 1. The van der Waals surface area contributed by atoms with Crippen molar-refractivity contribution < 1.29 is 4.79 Å². The number of carbonyl (C=O) groups excluding carboxylic acids is 1. The van der Waals surface area contributed by atoms with Gasteiger partial charge in [0.15, 0.2) is 0 Å². The van der Waals surface area contributed by atoms with E-state index in [9.17, 15) is 4.79 Å². The van der Waals surface area contributed by atoms with E-state index < -0.39 is 0 Å². The average Bonchev–Trinajstić information content (AvgIpc) is 3.37. The van der Waals surface area contributed by atoms with Crippen LogP contribution in [0.5, 0.6) is 0 Å². The van der Waals surface area contributed by atoms with E-state index in [1.54, 1.807) is 23.3 Å². The molecule has 0 aliphatic heterocycles. The molecule has 3 aromatic rings. The van der Waals surface area contributed by atoms with Gasteiger partial charge in [0, 0.05) is 24.4 Å². The predicted octanol–water partition coefficient (Wildman–Crippen LogP) is 3.37. The number of anilines is 1. The van der Waals surface area contributed by atoms with Crippen molar-refractivity contribution >= 4 is 11.7 Å². The van der Waals surface area contributed by atoms with Crippen molar-refractivity contribution in [3.05, 3.63) is 60.8 Å². The molecule has 25 heavy (non-hydrogen) atoms. The lowest BCUT2D eigenvalue weighted by molar-refractivity contribution is -0.116. The Morgan fingerprint density at radius 1 is 1.20 bits per heavy atom. The number of hydrogen-bond acceptors (Lipinski definition) is 3. The normalized spacial score (nSPS) is 14.7. The van der Waals surface area contributed by atoms with Gasteiger partial charge in [0.1, 0.15) is 12.4 Å². The maximum atomic E-state index is 12.4. The molecule has 6 heteroatoms. The van der Waals surface area contributed by atoms with E-state index in [2.05, 4.69) is 10.3 Å². The predicted molar refractivity (Wildman–Crippen MR) is 95.6 cm³/mol. The lowest BCUT2D eigenvalue weighted by Gasteiger charge is -2.09. The van der Waals surface area contributed by atoms with Crippen molar-refractivity contribution in [1.82, 2.24) is 19.3 Å². The molecule has 1 aromatic carbocycles. The standard InChI is InChI=1S/C19H21N5O/c25-19(13-23-11-10-20-14-23)21-18-12-17(15-6-4-5-7-15)22-24(18)16-8-2-1-3-9-16/h1-3,8-12,14-15H,4-7,13H2,(H,21,25). The summed E-state index contributed by atoms with van der Waals surface area (Å²) >= 11 is 0. The van der Waals surface area contributed by atoms with Crippen molar-refractivity contribution in [2.75, 3.05) is 5.32 Å². The maximum Gasteiger partial charge on any atom is 0.245 e. The molecule has 2 heterocycles. The number of aromatic nitrogens is 4. The molecule has 128 valence electrons. The molecule has 1 aliphatic rings. The first-order chi connectivity index (χ1) is 12.3. The second-order valence-electron chi connectivity index (χ2n) is 6.47. The number of rotatable bonds is 5. The van der Waals surface area contributed by atoms with Gasteiger partial charge in [-0.1, -0.05) is 31.0 Å². The van der Waals surface area contributed by atoms with Crippen LogP contribution in [0.4, 0.5) is 5.82 Å². The maximum absolute atomic E-state index is 12.4. The summed E-state index contributed by atoms with van der Waals surface area (Å²) in [6.45, 7) is 0.235. The van der Waals surface area contributed by atoms with Crippen molar-refractivity contribution in [2.45, 2.75) is 38.1 Å². The number of nitrogens with one attached hydrogen (secondary N) is 1. The van der Waals surface area contributed by atoms with Crippen molar-refractivity contribution in [3.63, 3.8) is 0 Å². The van der Waals surface area contributed by atoms with E-state index in [4.69, 9.17) is 5.10 Å². The molecule has 1 aliphatic carbocycles. The Bertz CT molecular complexity index is 832. The van der Waals surface area contributed by atoms with Crippen LogP contribution >= 0.6 is 0 Å². The van der Waals surface area contributed by atoms with E-state index in [0.717, 1.165) is 17.2 Å². The number of para-hydroxylation sites is 1. The third-order valence-electron chi connectivity index (χ3n) is 4.66. The van der Waals surface area contributed by atoms with Crippen LogP contribution in [0.25, 0.3) is 5.69 Å². The SMILES string of the molecule is O=C(Cn1ccnc1)Nc1cc(C2CCCC2)nn1-c1ccccc1. The molecule has 2 aromatic heterocycles. The number of carbonyl (C=O) groups is 1. The van der Waals surface area contributed by atoms with Crippen LogP contribution < -0.4 is 5.32 Å². The fourth-order valence-corrected chi connectivity index (χ4v) is 3.40. The first kappa shape index (κ1) is 15.6. The quantitative estimate of drug-likeness (QED) is 0.777. The van der Waals surface area contributed by atoms with Crippen molar-refractivity contribution in [1.29, 1.82) is 0 Å². The van der Waals surface area contributed by atoms with Crippen LogP contribution in [0.3, 0.4) is 0 Å². The fourth-order valence-electron chi connectivity index (χ4n) is 3.40. The summed E-state index contributed by atoms with van der Waals surface area (Å²) in [5.74, 6) is 1.13. The largest absolute Gasteiger partial charge is 0.328 e. The van der Waals surface area contributed by atoms with Gasteiger partial charge in [-0.25, -0.2) is 9.67 Å². The summed E-state index contributed by atoms with van der Waals surface area (Å²) in [6.07, 6.45) is 9.94. The summed E-state index contributed by atoms with van der Waals surface area (Å²) in [4.78, 5) is 16.4. The van der Waals surface area contributed by atoms with Crippen LogP contribution in [0.2, 0.25) is 0 Å². The van der Waals surface area contributed by atoms with Crippen molar-refractivity contribution in [3.8, 4) is 5.69 Å². The van der Waals surface area contributed by atoms with Gasteiger partial charge in [-0.3, -0.25) is 4.79 Å². The van der Waals surface area contributed by atoms with E-state index >= 15 is 0 Å². The third-order valence-corrected chi connectivity index (χ3v) is 4.66.